The highest BCUT2D eigenvalue weighted by molar-refractivity contribution is 6.04. The van der Waals surface area contributed by atoms with E-state index in [1.54, 1.807) is 36.6 Å². The van der Waals surface area contributed by atoms with Crippen molar-refractivity contribution in [3.05, 3.63) is 30.1 Å². The molecule has 0 radical (unpaired) electrons. The average molecular weight is 394 g/mol. The maximum absolute atomic E-state index is 12.9. The van der Waals surface area contributed by atoms with E-state index in [9.17, 15) is 4.79 Å². The fourth-order valence-corrected chi connectivity index (χ4v) is 4.14. The molecule has 9 heteroatoms. The van der Waals surface area contributed by atoms with Gasteiger partial charge in [-0.1, -0.05) is 19.8 Å². The molecule has 1 unspecified atom stereocenters. The first-order valence-corrected chi connectivity index (χ1v) is 10.0. The van der Waals surface area contributed by atoms with Crippen molar-refractivity contribution in [2.75, 3.05) is 28.0 Å². The Labute approximate surface area is 170 Å². The molecule has 0 saturated heterocycles. The molecule has 152 valence electrons. The lowest BCUT2D eigenvalue weighted by Crippen LogP contribution is -2.55. The maximum Gasteiger partial charge on any atom is 0.249 e. The number of nitrogen functional groups attached to an aromatic ring is 1. The van der Waals surface area contributed by atoms with Gasteiger partial charge in [0.25, 0.3) is 0 Å². The van der Waals surface area contributed by atoms with Gasteiger partial charge in [0.05, 0.1) is 12.4 Å². The lowest BCUT2D eigenvalue weighted by Gasteiger charge is -2.43. The fraction of sp³-hybridized carbons (Fsp3) is 0.450. The van der Waals surface area contributed by atoms with Crippen molar-refractivity contribution in [1.29, 1.82) is 0 Å². The van der Waals surface area contributed by atoms with Gasteiger partial charge in [0.2, 0.25) is 11.9 Å². The summed E-state index contributed by atoms with van der Waals surface area (Å²) in [7, 11) is 1.79. The minimum absolute atomic E-state index is 0.0984. The molecule has 0 bridgehead atoms. The Hall–Kier alpha value is -3.23. The van der Waals surface area contributed by atoms with Crippen LogP contribution in [0.15, 0.2) is 29.6 Å². The first-order valence-electron chi connectivity index (χ1n) is 10.0. The molecule has 3 N–H and O–H groups in total. The Bertz CT molecular complexity index is 924. The van der Waals surface area contributed by atoms with Gasteiger partial charge in [-0.05, 0) is 31.4 Å². The number of hydrazone groups is 1. The number of rotatable bonds is 5. The van der Waals surface area contributed by atoms with Crippen molar-refractivity contribution in [3.63, 3.8) is 0 Å². The third kappa shape index (κ3) is 3.59. The van der Waals surface area contributed by atoms with Crippen molar-refractivity contribution in [2.45, 2.75) is 51.1 Å². The van der Waals surface area contributed by atoms with Crippen LogP contribution in [-0.4, -0.2) is 46.2 Å². The molecule has 0 spiro atoms. The van der Waals surface area contributed by atoms with Gasteiger partial charge >= 0.3 is 0 Å². The van der Waals surface area contributed by atoms with Gasteiger partial charge in [-0.3, -0.25) is 4.79 Å². The first kappa shape index (κ1) is 19.1. The van der Waals surface area contributed by atoms with E-state index in [1.807, 2.05) is 13.0 Å². The summed E-state index contributed by atoms with van der Waals surface area (Å²) >= 11 is 0. The van der Waals surface area contributed by atoms with E-state index in [2.05, 4.69) is 25.4 Å². The van der Waals surface area contributed by atoms with E-state index in [0.717, 1.165) is 30.8 Å². The Morgan fingerprint density at radius 2 is 2.14 bits per heavy atom. The van der Waals surface area contributed by atoms with Crippen LogP contribution < -0.4 is 21.0 Å². The summed E-state index contributed by atoms with van der Waals surface area (Å²) in [5.74, 6) is 1.67. The maximum atomic E-state index is 12.9. The third-order valence-corrected chi connectivity index (χ3v) is 5.65. The van der Waals surface area contributed by atoms with Crippen molar-refractivity contribution in [2.24, 2.45) is 5.10 Å². The summed E-state index contributed by atoms with van der Waals surface area (Å²) in [5.41, 5.74) is 10.2. The van der Waals surface area contributed by atoms with Crippen molar-refractivity contribution < 1.29 is 4.79 Å². The van der Waals surface area contributed by atoms with Crippen LogP contribution in [0.3, 0.4) is 0 Å². The molecular formula is C20H26N8O. The number of nitrogens with one attached hydrogen (secondary N) is 1. The van der Waals surface area contributed by atoms with Gasteiger partial charge in [-0.2, -0.15) is 10.1 Å². The quantitative estimate of drug-likeness (QED) is 0.591. The third-order valence-electron chi connectivity index (χ3n) is 5.65. The largest absolute Gasteiger partial charge is 0.383 e. The molecular weight excluding hydrogens is 368 g/mol. The molecule has 1 saturated carbocycles. The average Bonchev–Trinajstić information content (AvgIpc) is 3.26. The summed E-state index contributed by atoms with van der Waals surface area (Å²) in [6, 6.07) is 3.76. The summed E-state index contributed by atoms with van der Waals surface area (Å²) in [5, 5.41) is 4.20. The number of fused-ring (bicyclic) bond motifs is 1. The minimum atomic E-state index is -0.197. The number of hydrogen-bond acceptors (Lipinski definition) is 8. The number of amides is 1. The van der Waals surface area contributed by atoms with E-state index in [-0.39, 0.29) is 11.9 Å². The van der Waals surface area contributed by atoms with Crippen LogP contribution in [0.25, 0.3) is 0 Å². The number of carbonyl (C=O) groups excluding carboxylic acids is 1. The van der Waals surface area contributed by atoms with Crippen LogP contribution in [0.5, 0.6) is 0 Å². The molecule has 1 atom stereocenters. The molecule has 1 aliphatic heterocycles. The number of anilines is 4. The Morgan fingerprint density at radius 1 is 1.34 bits per heavy atom. The van der Waals surface area contributed by atoms with E-state index in [0.29, 0.717) is 23.4 Å². The van der Waals surface area contributed by atoms with Gasteiger partial charge in [-0.15, -0.1) is 0 Å². The van der Waals surface area contributed by atoms with Gasteiger partial charge in [-0.25, -0.2) is 15.4 Å². The standard InChI is InChI=1S/C20H26N8O/c1-3-15-19(29)27(2)16-12-23-20(25-18(16)28(15)14-8-4-5-9-14)26-24-11-13-7-6-10-22-17(13)21/h6-7,10-12,14-15H,3-5,8-9H2,1-2H3,(H2,21,22)(H,23,25,26)/b24-11+. The molecule has 9 nitrogen and oxygen atoms in total. The molecule has 1 aliphatic carbocycles. The van der Waals surface area contributed by atoms with Gasteiger partial charge in [0, 0.05) is 24.8 Å². The predicted octanol–water partition coefficient (Wildman–Crippen LogP) is 2.40. The summed E-state index contributed by atoms with van der Waals surface area (Å²) in [6.45, 7) is 2.05. The van der Waals surface area contributed by atoms with Gasteiger partial charge < -0.3 is 15.5 Å². The predicted molar refractivity (Wildman–Crippen MR) is 114 cm³/mol. The van der Waals surface area contributed by atoms with Crippen molar-refractivity contribution in [3.8, 4) is 0 Å². The molecule has 29 heavy (non-hydrogen) atoms. The van der Waals surface area contributed by atoms with E-state index >= 15 is 0 Å². The first-order chi connectivity index (χ1) is 14.1. The monoisotopic (exact) mass is 394 g/mol. The molecule has 2 aliphatic rings. The van der Waals surface area contributed by atoms with Gasteiger partial charge in [0.1, 0.15) is 17.5 Å². The van der Waals surface area contributed by atoms with E-state index in [4.69, 9.17) is 10.7 Å². The number of aromatic nitrogens is 3. The van der Waals surface area contributed by atoms with Crippen LogP contribution in [0.2, 0.25) is 0 Å². The molecule has 2 aromatic rings. The van der Waals surface area contributed by atoms with Crippen LogP contribution >= 0.6 is 0 Å². The Balaban J connectivity index is 1.64. The fourth-order valence-electron chi connectivity index (χ4n) is 4.14. The molecule has 2 aromatic heterocycles. The van der Waals surface area contributed by atoms with E-state index in [1.165, 1.54) is 12.8 Å². The lowest BCUT2D eigenvalue weighted by atomic mass is 10.0. The topological polar surface area (TPSA) is 113 Å². The number of nitrogens with zero attached hydrogens (tertiary/aromatic N) is 6. The highest BCUT2D eigenvalue weighted by atomic mass is 16.2. The lowest BCUT2D eigenvalue weighted by molar-refractivity contribution is -0.120. The molecule has 1 amide bonds. The highest BCUT2D eigenvalue weighted by Crippen LogP contribution is 2.39. The molecule has 0 aromatic carbocycles. The SMILES string of the molecule is CCC1C(=O)N(C)c2cnc(N/N=C/c3cccnc3N)nc2N1C1CCCC1. The number of nitrogens with two attached hydrogens (primary N) is 1. The second-order valence-electron chi connectivity index (χ2n) is 7.42. The van der Waals surface area contributed by atoms with Crippen LogP contribution in [0.4, 0.5) is 23.3 Å². The van der Waals surface area contributed by atoms with Crippen LogP contribution in [-0.2, 0) is 4.79 Å². The minimum Gasteiger partial charge on any atom is -0.383 e. The molecule has 3 heterocycles. The summed E-state index contributed by atoms with van der Waals surface area (Å²) < 4.78 is 0. The summed E-state index contributed by atoms with van der Waals surface area (Å²) in [6.07, 6.45) is 10.2. The normalized spacial score (nSPS) is 19.8. The second kappa shape index (κ2) is 8.02. The zero-order valence-corrected chi connectivity index (χ0v) is 16.7. The zero-order valence-electron chi connectivity index (χ0n) is 16.7. The van der Waals surface area contributed by atoms with Crippen molar-refractivity contribution >= 4 is 35.4 Å². The zero-order chi connectivity index (χ0) is 20.4. The number of likely N-dealkylation sites (N-methyl/N-ethyl adjacent to an activating group) is 1. The van der Waals surface area contributed by atoms with Crippen molar-refractivity contribution in [1.82, 2.24) is 15.0 Å². The number of carbonyl (C=O) groups is 1. The highest BCUT2D eigenvalue weighted by Gasteiger charge is 2.41. The van der Waals surface area contributed by atoms with Gasteiger partial charge in [0.15, 0.2) is 5.82 Å². The van der Waals surface area contributed by atoms with Crippen LogP contribution in [0, 0.1) is 0 Å². The molecule has 4 rings (SSSR count). The number of pyridine rings is 1. The molecule has 1 fully saturated rings. The summed E-state index contributed by atoms with van der Waals surface area (Å²) in [4.78, 5) is 29.9. The number of hydrogen-bond donors (Lipinski definition) is 2. The smallest absolute Gasteiger partial charge is 0.249 e. The Morgan fingerprint density at radius 3 is 2.86 bits per heavy atom. The Kier molecular flexibility index (Phi) is 5.28. The van der Waals surface area contributed by atoms with E-state index < -0.39 is 0 Å². The van der Waals surface area contributed by atoms with Crippen LogP contribution in [0.1, 0.15) is 44.6 Å². The second-order valence-corrected chi connectivity index (χ2v) is 7.42.